The topological polar surface area (TPSA) is 43.8 Å². The molecule has 5 heteroatoms. The van der Waals surface area contributed by atoms with E-state index in [1.54, 1.807) is 0 Å². The van der Waals surface area contributed by atoms with Crippen molar-refractivity contribution in [3.05, 3.63) is 29.6 Å². The average Bonchev–Trinajstić information content (AvgIpc) is 2.86. The highest BCUT2D eigenvalue weighted by Crippen LogP contribution is 2.52. The number of hydrogen-bond donors (Lipinski definition) is 1. The molecule has 3 rings (SSSR count). The Hall–Kier alpha value is -1.62. The number of piperidine rings is 1. The smallest absolute Gasteiger partial charge is 0.254 e. The molecule has 20 heavy (non-hydrogen) atoms. The number of carbonyl (C=O) groups is 1. The first-order valence-electron chi connectivity index (χ1n) is 6.90. The van der Waals surface area contributed by atoms with Gasteiger partial charge in [0.05, 0.1) is 0 Å². The molecular weight excluding hydrogens is 259 g/mol. The summed E-state index contributed by atoms with van der Waals surface area (Å²) in [5.74, 6) is 0.639. The fourth-order valence-electron chi connectivity index (χ4n) is 3.34. The summed E-state index contributed by atoms with van der Waals surface area (Å²) in [6.07, 6.45) is 0. The number of likely N-dealkylation sites (tertiary alicyclic amines) is 1. The van der Waals surface area contributed by atoms with Crippen molar-refractivity contribution < 1.29 is 14.3 Å². The average molecular weight is 278 g/mol. The Kier molecular flexibility index (Phi) is 3.17. The van der Waals surface area contributed by atoms with Crippen molar-refractivity contribution in [2.24, 2.45) is 17.8 Å². The van der Waals surface area contributed by atoms with Gasteiger partial charge in [-0.1, -0.05) is 0 Å². The lowest BCUT2D eigenvalue weighted by Crippen LogP contribution is -2.33. The lowest BCUT2D eigenvalue weighted by Gasteiger charge is -2.21. The molecule has 1 aromatic rings. The van der Waals surface area contributed by atoms with Crippen molar-refractivity contribution in [2.75, 3.05) is 33.7 Å². The summed E-state index contributed by atoms with van der Waals surface area (Å²) in [5.41, 5.74) is 0.356. The highest BCUT2D eigenvalue weighted by atomic mass is 19.1. The third-order valence-electron chi connectivity index (χ3n) is 4.43. The fraction of sp³-hybridized carbons (Fsp3) is 0.533. The number of benzene rings is 1. The predicted octanol–water partition coefficient (Wildman–Crippen LogP) is 1.41. The third kappa shape index (κ3) is 2.26. The van der Waals surface area contributed by atoms with Gasteiger partial charge in [0.1, 0.15) is 0 Å². The second kappa shape index (κ2) is 4.74. The zero-order valence-corrected chi connectivity index (χ0v) is 11.7. The van der Waals surface area contributed by atoms with Crippen molar-refractivity contribution in [3.8, 4) is 5.75 Å². The minimum Gasteiger partial charge on any atom is -0.505 e. The summed E-state index contributed by atoms with van der Waals surface area (Å²) in [4.78, 5) is 16.3. The van der Waals surface area contributed by atoms with Crippen molar-refractivity contribution in [2.45, 2.75) is 0 Å². The van der Waals surface area contributed by atoms with Crippen molar-refractivity contribution >= 4 is 5.91 Å². The van der Waals surface area contributed by atoms with E-state index in [9.17, 15) is 14.3 Å². The maximum absolute atomic E-state index is 13.0. The number of fused-ring (bicyclic) bond motifs is 1. The minimum atomic E-state index is -0.697. The summed E-state index contributed by atoms with van der Waals surface area (Å²) < 4.78 is 13.0. The van der Waals surface area contributed by atoms with E-state index in [0.29, 0.717) is 23.3 Å². The van der Waals surface area contributed by atoms with Crippen LogP contribution in [0.5, 0.6) is 5.75 Å². The summed E-state index contributed by atoms with van der Waals surface area (Å²) in [5, 5.41) is 9.34. The molecular formula is C15H19FN2O2. The lowest BCUT2D eigenvalue weighted by atomic mass is 10.1. The number of phenols is 1. The molecule has 0 aromatic heterocycles. The monoisotopic (exact) mass is 278 g/mol. The Morgan fingerprint density at radius 3 is 2.60 bits per heavy atom. The van der Waals surface area contributed by atoms with E-state index in [4.69, 9.17) is 0 Å². The number of rotatable bonds is 3. The molecule has 2 fully saturated rings. The molecule has 4 nitrogen and oxygen atoms in total. The second-order valence-electron chi connectivity index (χ2n) is 6.13. The van der Waals surface area contributed by atoms with Crippen LogP contribution in [-0.2, 0) is 0 Å². The van der Waals surface area contributed by atoms with Crippen LogP contribution in [0.25, 0.3) is 0 Å². The molecule has 2 aliphatic rings. The predicted molar refractivity (Wildman–Crippen MR) is 73.0 cm³/mol. The van der Waals surface area contributed by atoms with Crippen LogP contribution in [0.1, 0.15) is 10.4 Å². The molecule has 108 valence electrons. The normalized spacial score (nSPS) is 27.8. The Morgan fingerprint density at radius 2 is 2.05 bits per heavy atom. The van der Waals surface area contributed by atoms with Gasteiger partial charge in [0.15, 0.2) is 11.6 Å². The van der Waals surface area contributed by atoms with E-state index in [2.05, 4.69) is 19.0 Å². The molecule has 1 aromatic carbocycles. The minimum absolute atomic E-state index is 0.115. The number of carbonyl (C=O) groups excluding carboxylic acids is 1. The van der Waals surface area contributed by atoms with Crippen LogP contribution in [0.3, 0.4) is 0 Å². The standard InChI is InChI=1S/C15H19FN2O2/c1-17(2)6-10-11-7-18(8-12(10)11)15(20)9-3-4-13(16)14(19)5-9/h3-5,10-12,19H,6-8H2,1-2H3/t10?,11-,12+. The van der Waals surface area contributed by atoms with Gasteiger partial charge in [0.25, 0.3) is 5.91 Å². The maximum atomic E-state index is 13.0. The van der Waals surface area contributed by atoms with Crippen LogP contribution >= 0.6 is 0 Å². The summed E-state index contributed by atoms with van der Waals surface area (Å²) in [7, 11) is 4.14. The molecule has 0 bridgehead atoms. The van der Waals surface area contributed by atoms with Crippen molar-refractivity contribution in [1.82, 2.24) is 9.80 Å². The van der Waals surface area contributed by atoms with E-state index in [-0.39, 0.29) is 5.91 Å². The zero-order chi connectivity index (χ0) is 14.4. The molecule has 1 N–H and O–H groups in total. The largest absolute Gasteiger partial charge is 0.505 e. The van der Waals surface area contributed by atoms with Crippen LogP contribution in [0.4, 0.5) is 4.39 Å². The molecule has 1 heterocycles. The number of hydrogen-bond acceptors (Lipinski definition) is 3. The first-order valence-corrected chi connectivity index (χ1v) is 6.90. The van der Waals surface area contributed by atoms with Crippen LogP contribution < -0.4 is 0 Å². The van der Waals surface area contributed by atoms with Crippen molar-refractivity contribution in [3.63, 3.8) is 0 Å². The molecule has 1 unspecified atom stereocenters. The van der Waals surface area contributed by atoms with Gasteiger partial charge < -0.3 is 14.9 Å². The highest BCUT2D eigenvalue weighted by molar-refractivity contribution is 5.95. The van der Waals surface area contributed by atoms with Gasteiger partial charge in [-0.25, -0.2) is 4.39 Å². The number of amides is 1. The number of phenolic OH excluding ortho intramolecular Hbond substituents is 1. The van der Waals surface area contributed by atoms with Gasteiger partial charge in [-0.3, -0.25) is 4.79 Å². The summed E-state index contributed by atoms with van der Waals surface area (Å²) >= 11 is 0. The number of aromatic hydroxyl groups is 1. The maximum Gasteiger partial charge on any atom is 0.254 e. The van der Waals surface area contributed by atoms with Gasteiger partial charge in [-0.05, 0) is 50.0 Å². The fourth-order valence-corrected chi connectivity index (χ4v) is 3.34. The van der Waals surface area contributed by atoms with Gasteiger partial charge in [0.2, 0.25) is 0 Å². The first kappa shape index (κ1) is 13.4. The number of nitrogens with zero attached hydrogens (tertiary/aromatic N) is 2. The molecule has 0 spiro atoms. The summed E-state index contributed by atoms with van der Waals surface area (Å²) in [6, 6.07) is 3.77. The lowest BCUT2D eigenvalue weighted by molar-refractivity contribution is 0.0765. The van der Waals surface area contributed by atoms with Gasteiger partial charge in [-0.2, -0.15) is 0 Å². The molecule has 3 atom stereocenters. The van der Waals surface area contributed by atoms with Crippen LogP contribution in [0.15, 0.2) is 18.2 Å². The molecule has 1 saturated heterocycles. The quantitative estimate of drug-likeness (QED) is 0.909. The van der Waals surface area contributed by atoms with Crippen LogP contribution in [0, 0.1) is 23.6 Å². The van der Waals surface area contributed by atoms with E-state index < -0.39 is 11.6 Å². The summed E-state index contributed by atoms with van der Waals surface area (Å²) in [6.45, 7) is 2.63. The molecule has 1 aliphatic carbocycles. The van der Waals surface area contributed by atoms with E-state index in [0.717, 1.165) is 25.7 Å². The van der Waals surface area contributed by atoms with Gasteiger partial charge >= 0.3 is 0 Å². The molecule has 1 saturated carbocycles. The van der Waals surface area contributed by atoms with Crippen LogP contribution in [-0.4, -0.2) is 54.5 Å². The Morgan fingerprint density at radius 1 is 1.40 bits per heavy atom. The molecule has 0 radical (unpaired) electrons. The van der Waals surface area contributed by atoms with Crippen molar-refractivity contribution in [1.29, 1.82) is 0 Å². The second-order valence-corrected chi connectivity index (χ2v) is 6.13. The van der Waals surface area contributed by atoms with Gasteiger partial charge in [0, 0.05) is 25.2 Å². The van der Waals surface area contributed by atoms with E-state index in [1.807, 2.05) is 4.90 Å². The Bertz CT molecular complexity index is 535. The Labute approximate surface area is 117 Å². The number of halogens is 1. The highest BCUT2D eigenvalue weighted by Gasteiger charge is 2.56. The zero-order valence-electron chi connectivity index (χ0n) is 11.7. The SMILES string of the molecule is CN(C)CC1[C@H]2CN(C(=O)c3ccc(F)c(O)c3)C[C@@H]12. The van der Waals surface area contributed by atoms with Crippen LogP contribution in [0.2, 0.25) is 0 Å². The molecule has 1 aliphatic heterocycles. The first-order chi connectivity index (χ1) is 9.47. The van der Waals surface area contributed by atoms with Gasteiger partial charge in [-0.15, -0.1) is 0 Å². The molecule has 1 amide bonds. The Balaban J connectivity index is 1.62. The van der Waals surface area contributed by atoms with E-state index in [1.165, 1.54) is 12.1 Å². The third-order valence-corrected chi connectivity index (χ3v) is 4.43. The van der Waals surface area contributed by atoms with E-state index >= 15 is 0 Å².